The van der Waals surface area contributed by atoms with Gasteiger partial charge in [0.25, 0.3) is 0 Å². The zero-order valence-corrected chi connectivity index (χ0v) is 14.4. The Balaban J connectivity index is 1.87. The molecule has 1 aromatic carbocycles. The lowest BCUT2D eigenvalue weighted by Gasteiger charge is -2.29. The van der Waals surface area contributed by atoms with Gasteiger partial charge in [-0.2, -0.15) is 0 Å². The molecule has 0 unspecified atom stereocenters. The molecule has 0 bridgehead atoms. The molecule has 6 heteroatoms. The van der Waals surface area contributed by atoms with Crippen molar-refractivity contribution < 1.29 is 19.4 Å². The first-order valence-electron chi connectivity index (χ1n) is 8.54. The molecular formula is C18H26N2O4. The van der Waals surface area contributed by atoms with Gasteiger partial charge in [-0.3, -0.25) is 4.99 Å². The normalized spacial score (nSPS) is 15.7. The second-order valence-electron chi connectivity index (χ2n) is 5.76. The lowest BCUT2D eigenvalue weighted by Crippen LogP contribution is -2.40. The smallest absolute Gasteiger partial charge is 0.409 e. The summed E-state index contributed by atoms with van der Waals surface area (Å²) in [6.07, 6.45) is 3.97. The molecule has 1 N–H and O–H groups in total. The van der Waals surface area contributed by atoms with Crippen molar-refractivity contribution in [2.24, 2.45) is 4.99 Å². The quantitative estimate of drug-likeness (QED) is 0.811. The maximum atomic E-state index is 11.7. The summed E-state index contributed by atoms with van der Waals surface area (Å²) >= 11 is 0. The van der Waals surface area contributed by atoms with Crippen molar-refractivity contribution in [3.8, 4) is 11.5 Å². The number of benzene rings is 1. The van der Waals surface area contributed by atoms with Gasteiger partial charge in [0.2, 0.25) is 0 Å². The lowest BCUT2D eigenvalue weighted by atomic mass is 10.1. The number of aliphatic imine (C=N–C) groups is 1. The molecule has 0 saturated carbocycles. The van der Waals surface area contributed by atoms with Crippen molar-refractivity contribution >= 4 is 12.3 Å². The predicted molar refractivity (Wildman–Crippen MR) is 93.1 cm³/mol. The first-order chi connectivity index (χ1) is 11.6. The van der Waals surface area contributed by atoms with E-state index in [2.05, 4.69) is 4.99 Å². The predicted octanol–water partition coefficient (Wildman–Crippen LogP) is 3.22. The van der Waals surface area contributed by atoms with E-state index in [1.54, 1.807) is 30.2 Å². The number of aromatic hydroxyl groups is 1. The molecule has 0 aliphatic carbocycles. The molecule has 1 amide bonds. The van der Waals surface area contributed by atoms with Crippen molar-refractivity contribution in [2.45, 2.75) is 39.2 Å². The van der Waals surface area contributed by atoms with Gasteiger partial charge in [0.05, 0.1) is 19.3 Å². The number of rotatable bonds is 6. The highest BCUT2D eigenvalue weighted by Gasteiger charge is 2.22. The van der Waals surface area contributed by atoms with Gasteiger partial charge in [0.15, 0.2) is 0 Å². The third-order valence-corrected chi connectivity index (χ3v) is 3.89. The Morgan fingerprint density at radius 2 is 2.12 bits per heavy atom. The van der Waals surface area contributed by atoms with Crippen LogP contribution in [0.1, 0.15) is 38.7 Å². The van der Waals surface area contributed by atoms with Crippen LogP contribution in [0, 0.1) is 0 Å². The zero-order valence-electron chi connectivity index (χ0n) is 14.4. The van der Waals surface area contributed by atoms with Crippen LogP contribution in [0.25, 0.3) is 0 Å². The molecule has 24 heavy (non-hydrogen) atoms. The molecule has 1 saturated heterocycles. The first kappa shape index (κ1) is 18.1. The summed E-state index contributed by atoms with van der Waals surface area (Å²) in [6.45, 7) is 6.17. The van der Waals surface area contributed by atoms with Crippen molar-refractivity contribution in [3.63, 3.8) is 0 Å². The maximum Gasteiger partial charge on any atom is 0.409 e. The number of ether oxygens (including phenoxy) is 2. The van der Waals surface area contributed by atoms with Crippen LogP contribution in [0.3, 0.4) is 0 Å². The lowest BCUT2D eigenvalue weighted by molar-refractivity contribution is 0.0975. The van der Waals surface area contributed by atoms with Crippen molar-refractivity contribution in [2.75, 3.05) is 26.3 Å². The van der Waals surface area contributed by atoms with Gasteiger partial charge in [0, 0.05) is 30.9 Å². The highest BCUT2D eigenvalue weighted by Crippen LogP contribution is 2.23. The molecular weight excluding hydrogens is 308 g/mol. The number of likely N-dealkylation sites (tertiary alicyclic amines) is 1. The summed E-state index contributed by atoms with van der Waals surface area (Å²) in [5.74, 6) is 0.825. The third kappa shape index (κ3) is 5.15. The number of amides is 1. The summed E-state index contributed by atoms with van der Waals surface area (Å²) in [4.78, 5) is 17.9. The molecule has 0 aromatic heterocycles. The minimum atomic E-state index is -0.250. The monoisotopic (exact) mass is 334 g/mol. The van der Waals surface area contributed by atoms with E-state index in [1.165, 1.54) is 0 Å². The minimum Gasteiger partial charge on any atom is -0.507 e. The van der Waals surface area contributed by atoms with Crippen LogP contribution in [0.4, 0.5) is 4.79 Å². The fraction of sp³-hybridized carbons (Fsp3) is 0.556. The number of carbonyl (C=O) groups excluding carboxylic acids is 1. The Hall–Kier alpha value is -2.24. The summed E-state index contributed by atoms with van der Waals surface area (Å²) in [6, 6.07) is 5.41. The topological polar surface area (TPSA) is 71.4 Å². The van der Waals surface area contributed by atoms with E-state index in [4.69, 9.17) is 9.47 Å². The zero-order chi connectivity index (χ0) is 17.4. The van der Waals surface area contributed by atoms with Crippen LogP contribution >= 0.6 is 0 Å². The van der Waals surface area contributed by atoms with Crippen molar-refractivity contribution in [3.05, 3.63) is 23.8 Å². The Labute approximate surface area is 143 Å². The van der Waals surface area contributed by atoms with Gasteiger partial charge >= 0.3 is 6.09 Å². The number of piperidine rings is 1. The van der Waals surface area contributed by atoms with E-state index < -0.39 is 0 Å². The molecule has 0 radical (unpaired) electrons. The van der Waals surface area contributed by atoms with E-state index in [0.717, 1.165) is 19.3 Å². The molecule has 1 aliphatic heterocycles. The number of carbonyl (C=O) groups is 1. The average molecular weight is 334 g/mol. The van der Waals surface area contributed by atoms with Crippen LogP contribution in [-0.2, 0) is 4.74 Å². The van der Waals surface area contributed by atoms with Crippen LogP contribution in [0.15, 0.2) is 23.2 Å². The number of phenols is 1. The fourth-order valence-corrected chi connectivity index (χ4v) is 2.54. The Morgan fingerprint density at radius 1 is 1.38 bits per heavy atom. The molecule has 1 heterocycles. The highest BCUT2D eigenvalue weighted by molar-refractivity contribution is 5.83. The average Bonchev–Trinajstić information content (AvgIpc) is 2.60. The van der Waals surface area contributed by atoms with E-state index in [9.17, 15) is 9.90 Å². The van der Waals surface area contributed by atoms with Crippen LogP contribution < -0.4 is 4.74 Å². The van der Waals surface area contributed by atoms with Gasteiger partial charge in [-0.1, -0.05) is 6.92 Å². The number of hydrogen-bond acceptors (Lipinski definition) is 5. The molecule has 1 aliphatic rings. The molecule has 132 valence electrons. The minimum absolute atomic E-state index is 0.158. The van der Waals surface area contributed by atoms with E-state index >= 15 is 0 Å². The summed E-state index contributed by atoms with van der Waals surface area (Å²) < 4.78 is 10.5. The Kier molecular flexibility index (Phi) is 6.90. The van der Waals surface area contributed by atoms with E-state index in [0.29, 0.717) is 37.6 Å². The highest BCUT2D eigenvalue weighted by atomic mass is 16.6. The van der Waals surface area contributed by atoms with Crippen LogP contribution in [0.5, 0.6) is 11.5 Å². The molecule has 2 rings (SSSR count). The van der Waals surface area contributed by atoms with Gasteiger partial charge in [0.1, 0.15) is 11.5 Å². The summed E-state index contributed by atoms with van der Waals surface area (Å²) in [5, 5.41) is 10.1. The van der Waals surface area contributed by atoms with Gasteiger partial charge in [-0.15, -0.1) is 0 Å². The van der Waals surface area contributed by atoms with Gasteiger partial charge < -0.3 is 19.5 Å². The molecule has 0 spiro atoms. The summed E-state index contributed by atoms with van der Waals surface area (Å²) in [7, 11) is 0. The van der Waals surface area contributed by atoms with Gasteiger partial charge in [-0.05, 0) is 38.3 Å². The first-order valence-corrected chi connectivity index (χ1v) is 8.54. The van der Waals surface area contributed by atoms with Crippen molar-refractivity contribution in [1.29, 1.82) is 0 Å². The number of hydrogen-bond donors (Lipinski definition) is 1. The SMILES string of the molecule is CCCOc1ccc(C=NC2CCN(C(=O)OCC)CC2)c(O)c1. The van der Waals surface area contributed by atoms with Crippen LogP contribution in [-0.4, -0.2) is 54.7 Å². The Bertz CT molecular complexity index is 566. The van der Waals surface area contributed by atoms with Crippen molar-refractivity contribution in [1.82, 2.24) is 4.90 Å². The third-order valence-electron chi connectivity index (χ3n) is 3.89. The Morgan fingerprint density at radius 3 is 2.75 bits per heavy atom. The molecule has 1 fully saturated rings. The second-order valence-corrected chi connectivity index (χ2v) is 5.76. The van der Waals surface area contributed by atoms with Gasteiger partial charge in [-0.25, -0.2) is 4.79 Å². The fourth-order valence-electron chi connectivity index (χ4n) is 2.54. The van der Waals surface area contributed by atoms with E-state index in [-0.39, 0.29) is 17.9 Å². The molecule has 0 atom stereocenters. The largest absolute Gasteiger partial charge is 0.507 e. The number of nitrogens with zero attached hydrogens (tertiary/aromatic N) is 2. The summed E-state index contributed by atoms with van der Waals surface area (Å²) in [5.41, 5.74) is 0.673. The standard InChI is InChI=1S/C18H26N2O4/c1-3-11-24-16-6-5-14(17(21)12-16)13-19-15-7-9-20(10-8-15)18(22)23-4-2/h5-6,12-13,15,21H,3-4,7-11H2,1-2H3. The number of phenolic OH excluding ortho intramolecular Hbond substituents is 1. The second kappa shape index (κ2) is 9.15. The maximum absolute atomic E-state index is 11.7. The molecule has 1 aromatic rings. The van der Waals surface area contributed by atoms with Crippen LogP contribution in [0.2, 0.25) is 0 Å². The molecule has 6 nitrogen and oxygen atoms in total. The van der Waals surface area contributed by atoms with E-state index in [1.807, 2.05) is 13.0 Å².